The quantitative estimate of drug-likeness (QED) is 0.667. The number of alkyl halides is 3. The van der Waals surface area contributed by atoms with Crippen LogP contribution in [0, 0.1) is 0 Å². The number of carboxylic acids is 1. The maximum absolute atomic E-state index is 12.8. The number of amides is 1. The highest BCUT2D eigenvalue weighted by atomic mass is 35.5. The molecule has 2 aromatic carbocycles. The second-order valence-electron chi connectivity index (χ2n) is 5.90. The van der Waals surface area contributed by atoms with Gasteiger partial charge in [-0.1, -0.05) is 29.8 Å². The molecule has 1 amide bonds. The molecule has 0 radical (unpaired) electrons. The summed E-state index contributed by atoms with van der Waals surface area (Å²) in [6.07, 6.45) is -4.64. The normalized spacial score (nSPS) is 11.4. The zero-order valence-electron chi connectivity index (χ0n) is 14.3. The number of carboxylic acid groups (broad SMARTS) is 1. The minimum Gasteiger partial charge on any atom is -0.476 e. The van der Waals surface area contributed by atoms with Crippen molar-refractivity contribution in [2.45, 2.75) is 12.7 Å². The molecule has 1 heterocycles. The lowest BCUT2D eigenvalue weighted by molar-refractivity contribution is -0.137. The summed E-state index contributed by atoms with van der Waals surface area (Å²) >= 11 is 5.83. The van der Waals surface area contributed by atoms with Crippen LogP contribution in [0.1, 0.15) is 16.1 Å². The van der Waals surface area contributed by atoms with Crippen LogP contribution in [0.3, 0.4) is 0 Å². The summed E-state index contributed by atoms with van der Waals surface area (Å²) in [4.78, 5) is 36.2. The number of anilines is 1. The van der Waals surface area contributed by atoms with Crippen LogP contribution >= 0.6 is 11.6 Å². The lowest BCUT2D eigenvalue weighted by atomic mass is 10.1. The molecule has 0 saturated heterocycles. The molecule has 0 unspecified atom stereocenters. The van der Waals surface area contributed by atoms with E-state index in [1.165, 1.54) is 24.3 Å². The van der Waals surface area contributed by atoms with Crippen LogP contribution in [0.25, 0.3) is 10.8 Å². The third-order valence-corrected chi connectivity index (χ3v) is 4.26. The van der Waals surface area contributed by atoms with Gasteiger partial charge in [0.2, 0.25) is 5.91 Å². The van der Waals surface area contributed by atoms with Crippen LogP contribution in [0.4, 0.5) is 18.9 Å². The number of hydrogen-bond donors (Lipinski definition) is 2. The van der Waals surface area contributed by atoms with Gasteiger partial charge in [0, 0.05) is 5.39 Å². The SMILES string of the molecule is O=C(Cn1nc(C(=O)O)c2ccccc2c1=O)Nc1cc(C(F)(F)F)ccc1Cl. The van der Waals surface area contributed by atoms with Crippen molar-refractivity contribution in [3.8, 4) is 0 Å². The lowest BCUT2D eigenvalue weighted by Crippen LogP contribution is -2.31. The lowest BCUT2D eigenvalue weighted by Gasteiger charge is -2.12. The Labute approximate surface area is 165 Å². The summed E-state index contributed by atoms with van der Waals surface area (Å²) in [5.74, 6) is -2.32. The Morgan fingerprint density at radius 1 is 1.14 bits per heavy atom. The highest BCUT2D eigenvalue weighted by molar-refractivity contribution is 6.33. The number of nitrogens with zero attached hydrogens (tertiary/aromatic N) is 2. The number of fused-ring (bicyclic) bond motifs is 1. The fourth-order valence-corrected chi connectivity index (χ4v) is 2.79. The third-order valence-electron chi connectivity index (χ3n) is 3.93. The van der Waals surface area contributed by atoms with E-state index in [9.17, 15) is 32.7 Å². The Morgan fingerprint density at radius 2 is 1.79 bits per heavy atom. The van der Waals surface area contributed by atoms with E-state index < -0.39 is 41.4 Å². The molecule has 0 bridgehead atoms. The molecule has 0 fully saturated rings. The van der Waals surface area contributed by atoms with Gasteiger partial charge in [0.1, 0.15) is 6.54 Å². The van der Waals surface area contributed by atoms with E-state index in [2.05, 4.69) is 10.4 Å². The van der Waals surface area contributed by atoms with Gasteiger partial charge in [0.15, 0.2) is 5.69 Å². The van der Waals surface area contributed by atoms with Crippen molar-refractivity contribution < 1.29 is 27.9 Å². The number of carbonyl (C=O) groups excluding carboxylic acids is 1. The van der Waals surface area contributed by atoms with E-state index in [1.807, 2.05) is 0 Å². The number of aromatic carboxylic acids is 1. The average Bonchev–Trinajstić information content (AvgIpc) is 2.64. The van der Waals surface area contributed by atoms with Crippen LogP contribution in [0.2, 0.25) is 5.02 Å². The smallest absolute Gasteiger partial charge is 0.416 e. The molecule has 29 heavy (non-hydrogen) atoms. The van der Waals surface area contributed by atoms with Crippen molar-refractivity contribution in [3.05, 3.63) is 69.1 Å². The predicted molar refractivity (Wildman–Crippen MR) is 98.0 cm³/mol. The van der Waals surface area contributed by atoms with Gasteiger partial charge >= 0.3 is 12.1 Å². The second kappa shape index (κ2) is 7.55. The number of hydrogen-bond acceptors (Lipinski definition) is 4. The first-order chi connectivity index (χ1) is 13.6. The highest BCUT2D eigenvalue weighted by Gasteiger charge is 2.31. The summed E-state index contributed by atoms with van der Waals surface area (Å²) in [6, 6.07) is 8.21. The molecule has 7 nitrogen and oxygen atoms in total. The molecule has 0 aliphatic carbocycles. The fourth-order valence-electron chi connectivity index (χ4n) is 2.62. The van der Waals surface area contributed by atoms with E-state index in [4.69, 9.17) is 11.6 Å². The largest absolute Gasteiger partial charge is 0.476 e. The van der Waals surface area contributed by atoms with E-state index in [-0.39, 0.29) is 21.5 Å². The Balaban J connectivity index is 1.94. The summed E-state index contributed by atoms with van der Waals surface area (Å²) in [7, 11) is 0. The number of aromatic nitrogens is 2. The first-order valence-electron chi connectivity index (χ1n) is 7.97. The number of rotatable bonds is 4. The minimum absolute atomic E-state index is 0.0322. The molecule has 0 spiro atoms. The third kappa shape index (κ3) is 4.21. The average molecular weight is 426 g/mol. The maximum Gasteiger partial charge on any atom is 0.416 e. The topological polar surface area (TPSA) is 101 Å². The Morgan fingerprint density at radius 3 is 2.41 bits per heavy atom. The molecular weight excluding hydrogens is 415 g/mol. The van der Waals surface area contributed by atoms with Gasteiger partial charge in [-0.2, -0.15) is 18.3 Å². The van der Waals surface area contributed by atoms with Gasteiger partial charge in [-0.3, -0.25) is 9.59 Å². The molecular formula is C18H11ClF3N3O4. The molecule has 0 aliphatic heterocycles. The Kier molecular flexibility index (Phi) is 5.29. The van der Waals surface area contributed by atoms with Crippen LogP contribution in [-0.2, 0) is 17.5 Å². The second-order valence-corrected chi connectivity index (χ2v) is 6.31. The molecule has 0 atom stereocenters. The number of nitrogens with one attached hydrogen (secondary N) is 1. The molecule has 2 N–H and O–H groups in total. The molecule has 3 aromatic rings. The van der Waals surface area contributed by atoms with E-state index in [1.54, 1.807) is 0 Å². The van der Waals surface area contributed by atoms with Crippen LogP contribution in [0.5, 0.6) is 0 Å². The molecule has 0 aliphatic rings. The predicted octanol–water partition coefficient (Wildman–Crippen LogP) is 3.41. The van der Waals surface area contributed by atoms with E-state index in [0.29, 0.717) is 10.7 Å². The fraction of sp³-hybridized carbons (Fsp3) is 0.111. The van der Waals surface area contributed by atoms with Crippen molar-refractivity contribution in [2.24, 2.45) is 0 Å². The molecule has 150 valence electrons. The molecule has 1 aromatic heterocycles. The van der Waals surface area contributed by atoms with E-state index >= 15 is 0 Å². The molecule has 0 saturated carbocycles. The summed E-state index contributed by atoms with van der Waals surface area (Å²) in [5.41, 5.74) is -2.49. The van der Waals surface area contributed by atoms with Crippen molar-refractivity contribution in [2.75, 3.05) is 5.32 Å². The van der Waals surface area contributed by atoms with Crippen LogP contribution < -0.4 is 10.9 Å². The highest BCUT2D eigenvalue weighted by Crippen LogP contribution is 2.33. The summed E-state index contributed by atoms with van der Waals surface area (Å²) in [5, 5.41) is 15.2. The minimum atomic E-state index is -4.64. The summed E-state index contributed by atoms with van der Waals surface area (Å²) in [6.45, 7) is -0.726. The van der Waals surface area contributed by atoms with Gasteiger partial charge in [0.25, 0.3) is 5.56 Å². The maximum atomic E-state index is 12.8. The number of carbonyl (C=O) groups is 2. The summed E-state index contributed by atoms with van der Waals surface area (Å²) < 4.78 is 39.1. The zero-order valence-corrected chi connectivity index (χ0v) is 15.1. The standard InChI is InChI=1S/C18H11ClF3N3O4/c19-12-6-5-9(18(20,21)22)7-13(12)23-14(26)8-25-16(27)11-4-2-1-3-10(11)15(24-25)17(28)29/h1-7H,8H2,(H,23,26)(H,28,29). The van der Waals surface area contributed by atoms with Crippen LogP contribution in [0.15, 0.2) is 47.3 Å². The van der Waals surface area contributed by atoms with Crippen molar-refractivity contribution in [1.29, 1.82) is 0 Å². The van der Waals surface area contributed by atoms with Gasteiger partial charge in [-0.05, 0) is 24.3 Å². The van der Waals surface area contributed by atoms with Crippen molar-refractivity contribution >= 4 is 39.9 Å². The zero-order chi connectivity index (χ0) is 21.3. The molecule has 11 heteroatoms. The van der Waals surface area contributed by atoms with E-state index in [0.717, 1.165) is 12.1 Å². The van der Waals surface area contributed by atoms with Gasteiger partial charge < -0.3 is 10.4 Å². The van der Waals surface area contributed by atoms with Crippen LogP contribution in [-0.4, -0.2) is 26.8 Å². The monoisotopic (exact) mass is 425 g/mol. The van der Waals surface area contributed by atoms with Gasteiger partial charge in [-0.15, -0.1) is 0 Å². The van der Waals surface area contributed by atoms with Gasteiger partial charge in [-0.25, -0.2) is 9.48 Å². The first kappa shape index (κ1) is 20.3. The number of benzene rings is 2. The van der Waals surface area contributed by atoms with Gasteiger partial charge in [0.05, 0.1) is 21.7 Å². The first-order valence-corrected chi connectivity index (χ1v) is 8.35. The van der Waals surface area contributed by atoms with Crippen molar-refractivity contribution in [1.82, 2.24) is 9.78 Å². The van der Waals surface area contributed by atoms with Crippen molar-refractivity contribution in [3.63, 3.8) is 0 Å². The Bertz CT molecular complexity index is 1190. The number of halogens is 4. The Hall–Kier alpha value is -3.40. The molecule has 3 rings (SSSR count).